The van der Waals surface area contributed by atoms with Crippen LogP contribution in [0.15, 0.2) is 36.4 Å². The third-order valence-electron chi connectivity index (χ3n) is 4.10. The first-order valence-corrected chi connectivity index (χ1v) is 8.58. The number of para-hydroxylation sites is 1. The summed E-state index contributed by atoms with van der Waals surface area (Å²) in [6.45, 7) is 5.21. The van der Waals surface area contributed by atoms with E-state index in [1.807, 2.05) is 6.07 Å². The Morgan fingerprint density at radius 2 is 1.88 bits per heavy atom. The van der Waals surface area contributed by atoms with Crippen LogP contribution in [0, 0.1) is 0 Å². The summed E-state index contributed by atoms with van der Waals surface area (Å²) in [7, 11) is 1.53. The molecule has 3 rings (SSSR count). The zero-order chi connectivity index (χ0) is 18.2. The minimum atomic E-state index is -0.287. The highest BCUT2D eigenvalue weighted by molar-refractivity contribution is 6.05. The molecule has 0 aliphatic carbocycles. The molecule has 0 atom stereocenters. The number of morpholine rings is 1. The van der Waals surface area contributed by atoms with Gasteiger partial charge in [0.2, 0.25) is 0 Å². The van der Waals surface area contributed by atoms with Gasteiger partial charge >= 0.3 is 0 Å². The highest BCUT2D eigenvalue weighted by atomic mass is 16.5. The van der Waals surface area contributed by atoms with Gasteiger partial charge in [0.15, 0.2) is 5.82 Å². The first-order valence-electron chi connectivity index (χ1n) is 8.58. The Morgan fingerprint density at radius 1 is 1.15 bits per heavy atom. The second-order valence-electron chi connectivity index (χ2n) is 5.84. The fraction of sp³-hybridized carbons (Fsp3) is 0.389. The van der Waals surface area contributed by atoms with Crippen LogP contribution in [-0.4, -0.2) is 67.5 Å². The number of amides is 1. The van der Waals surface area contributed by atoms with E-state index in [9.17, 15) is 4.79 Å². The SMILES string of the molecule is COc1ccccc1C(=O)Nc1ccc(NCCN2CCOCC2)nn1. The van der Waals surface area contributed by atoms with Gasteiger partial charge < -0.3 is 20.1 Å². The Kier molecular flexibility index (Phi) is 6.34. The number of ether oxygens (including phenoxy) is 2. The van der Waals surface area contributed by atoms with Crippen LogP contribution >= 0.6 is 0 Å². The van der Waals surface area contributed by atoms with Crippen molar-refractivity contribution in [3.8, 4) is 5.75 Å². The molecule has 1 aromatic carbocycles. The number of carbonyl (C=O) groups excluding carboxylic acids is 1. The number of benzene rings is 1. The molecule has 0 spiro atoms. The molecule has 0 saturated carbocycles. The average molecular weight is 357 g/mol. The Balaban J connectivity index is 1.50. The van der Waals surface area contributed by atoms with Crippen molar-refractivity contribution in [2.75, 3.05) is 57.1 Å². The maximum Gasteiger partial charge on any atom is 0.260 e. The van der Waals surface area contributed by atoms with E-state index >= 15 is 0 Å². The van der Waals surface area contributed by atoms with Crippen LogP contribution in [0.25, 0.3) is 0 Å². The molecule has 8 nitrogen and oxygen atoms in total. The maximum absolute atomic E-state index is 12.3. The lowest BCUT2D eigenvalue weighted by Crippen LogP contribution is -2.39. The van der Waals surface area contributed by atoms with E-state index in [0.717, 1.165) is 39.4 Å². The molecule has 2 N–H and O–H groups in total. The molecule has 1 aliphatic rings. The summed E-state index contributed by atoms with van der Waals surface area (Å²) in [6.07, 6.45) is 0. The molecule has 138 valence electrons. The van der Waals surface area contributed by atoms with Crippen molar-refractivity contribution in [1.82, 2.24) is 15.1 Å². The lowest BCUT2D eigenvalue weighted by molar-refractivity contribution is 0.0398. The summed E-state index contributed by atoms with van der Waals surface area (Å²) in [6, 6.07) is 10.5. The Labute approximate surface area is 152 Å². The van der Waals surface area contributed by atoms with Crippen molar-refractivity contribution in [1.29, 1.82) is 0 Å². The molecule has 2 heterocycles. The van der Waals surface area contributed by atoms with Crippen molar-refractivity contribution < 1.29 is 14.3 Å². The quantitative estimate of drug-likeness (QED) is 0.776. The standard InChI is InChI=1S/C18H23N5O3/c1-25-15-5-3-2-4-14(15)18(24)20-17-7-6-16(21-22-17)19-8-9-23-10-12-26-13-11-23/h2-7H,8-13H2,1H3,(H,19,21)(H,20,22,24). The summed E-state index contributed by atoms with van der Waals surface area (Å²) < 4.78 is 10.5. The molecule has 1 amide bonds. The fourth-order valence-corrected chi connectivity index (χ4v) is 2.68. The minimum Gasteiger partial charge on any atom is -0.496 e. The van der Waals surface area contributed by atoms with Gasteiger partial charge in [0.25, 0.3) is 5.91 Å². The monoisotopic (exact) mass is 357 g/mol. The van der Waals surface area contributed by atoms with Crippen molar-refractivity contribution in [3.05, 3.63) is 42.0 Å². The summed E-state index contributed by atoms with van der Waals surface area (Å²) in [4.78, 5) is 14.7. The molecule has 1 aliphatic heterocycles. The number of anilines is 2. The van der Waals surface area contributed by atoms with Crippen LogP contribution in [0.3, 0.4) is 0 Å². The predicted octanol–water partition coefficient (Wildman–Crippen LogP) is 1.48. The van der Waals surface area contributed by atoms with E-state index in [1.54, 1.807) is 30.3 Å². The number of hydrogen-bond donors (Lipinski definition) is 2. The molecule has 26 heavy (non-hydrogen) atoms. The van der Waals surface area contributed by atoms with E-state index in [-0.39, 0.29) is 5.91 Å². The highest BCUT2D eigenvalue weighted by Gasteiger charge is 2.13. The predicted molar refractivity (Wildman–Crippen MR) is 98.7 cm³/mol. The zero-order valence-corrected chi connectivity index (χ0v) is 14.8. The van der Waals surface area contributed by atoms with Gasteiger partial charge in [-0.15, -0.1) is 10.2 Å². The third-order valence-corrected chi connectivity index (χ3v) is 4.10. The van der Waals surface area contributed by atoms with Crippen molar-refractivity contribution >= 4 is 17.5 Å². The van der Waals surface area contributed by atoms with Crippen LogP contribution < -0.4 is 15.4 Å². The second-order valence-corrected chi connectivity index (χ2v) is 5.84. The van der Waals surface area contributed by atoms with Crippen LogP contribution in [-0.2, 0) is 4.74 Å². The number of nitrogens with zero attached hydrogens (tertiary/aromatic N) is 3. The molecule has 2 aromatic rings. The van der Waals surface area contributed by atoms with E-state index < -0.39 is 0 Å². The van der Waals surface area contributed by atoms with Crippen LogP contribution in [0.2, 0.25) is 0 Å². The van der Waals surface area contributed by atoms with Gasteiger partial charge in [0, 0.05) is 26.2 Å². The molecule has 0 radical (unpaired) electrons. The largest absolute Gasteiger partial charge is 0.496 e. The fourth-order valence-electron chi connectivity index (χ4n) is 2.68. The molecule has 1 aromatic heterocycles. The van der Waals surface area contributed by atoms with Gasteiger partial charge in [-0.25, -0.2) is 0 Å². The first kappa shape index (κ1) is 18.1. The van der Waals surface area contributed by atoms with Gasteiger partial charge in [-0.2, -0.15) is 0 Å². The van der Waals surface area contributed by atoms with Gasteiger partial charge in [-0.3, -0.25) is 9.69 Å². The average Bonchev–Trinajstić information content (AvgIpc) is 2.70. The number of nitrogens with one attached hydrogen (secondary N) is 2. The van der Waals surface area contributed by atoms with E-state index in [1.165, 1.54) is 7.11 Å². The summed E-state index contributed by atoms with van der Waals surface area (Å²) in [5.41, 5.74) is 0.449. The lowest BCUT2D eigenvalue weighted by Gasteiger charge is -2.26. The zero-order valence-electron chi connectivity index (χ0n) is 14.8. The third kappa shape index (κ3) is 4.90. The molecule has 1 saturated heterocycles. The number of methoxy groups -OCH3 is 1. The van der Waals surface area contributed by atoms with E-state index in [0.29, 0.717) is 22.9 Å². The Bertz CT molecular complexity index is 717. The molecular weight excluding hydrogens is 334 g/mol. The highest BCUT2D eigenvalue weighted by Crippen LogP contribution is 2.18. The summed E-state index contributed by atoms with van der Waals surface area (Å²) >= 11 is 0. The second kappa shape index (κ2) is 9.12. The smallest absolute Gasteiger partial charge is 0.260 e. The van der Waals surface area contributed by atoms with E-state index in [2.05, 4.69) is 25.7 Å². The molecule has 1 fully saturated rings. The van der Waals surface area contributed by atoms with Crippen molar-refractivity contribution in [3.63, 3.8) is 0 Å². The number of aromatic nitrogens is 2. The van der Waals surface area contributed by atoms with Crippen molar-refractivity contribution in [2.45, 2.75) is 0 Å². The first-order chi connectivity index (χ1) is 12.8. The topological polar surface area (TPSA) is 88.6 Å². The van der Waals surface area contributed by atoms with Crippen LogP contribution in [0.4, 0.5) is 11.6 Å². The number of hydrogen-bond acceptors (Lipinski definition) is 7. The molecule has 0 unspecified atom stereocenters. The van der Waals surface area contributed by atoms with Gasteiger partial charge in [-0.05, 0) is 24.3 Å². The molecule has 8 heteroatoms. The van der Waals surface area contributed by atoms with Crippen molar-refractivity contribution in [2.24, 2.45) is 0 Å². The van der Waals surface area contributed by atoms with Gasteiger partial charge in [0.05, 0.1) is 25.9 Å². The number of rotatable bonds is 7. The molecular formula is C18H23N5O3. The Hall–Kier alpha value is -2.71. The maximum atomic E-state index is 12.3. The molecule has 0 bridgehead atoms. The van der Waals surface area contributed by atoms with Crippen LogP contribution in [0.5, 0.6) is 5.75 Å². The number of carbonyl (C=O) groups is 1. The van der Waals surface area contributed by atoms with Crippen LogP contribution in [0.1, 0.15) is 10.4 Å². The Morgan fingerprint density at radius 3 is 2.62 bits per heavy atom. The van der Waals surface area contributed by atoms with Gasteiger partial charge in [-0.1, -0.05) is 12.1 Å². The summed E-state index contributed by atoms with van der Waals surface area (Å²) in [5, 5.41) is 14.1. The lowest BCUT2D eigenvalue weighted by atomic mass is 10.2. The van der Waals surface area contributed by atoms with Gasteiger partial charge in [0.1, 0.15) is 11.6 Å². The minimum absolute atomic E-state index is 0.287. The normalized spacial score (nSPS) is 14.7. The summed E-state index contributed by atoms with van der Waals surface area (Å²) in [5.74, 6) is 1.29. The van der Waals surface area contributed by atoms with E-state index in [4.69, 9.17) is 9.47 Å².